The number of carbonyl (C=O) groups excluding carboxylic acids is 3. The van der Waals surface area contributed by atoms with Crippen molar-refractivity contribution < 1.29 is 19.1 Å². The van der Waals surface area contributed by atoms with Crippen LogP contribution in [0.4, 0.5) is 5.69 Å². The molecule has 1 atom stereocenters. The summed E-state index contributed by atoms with van der Waals surface area (Å²) in [6.07, 6.45) is 3.57. The fourth-order valence-corrected chi connectivity index (χ4v) is 4.80. The molecule has 0 aliphatic carbocycles. The van der Waals surface area contributed by atoms with E-state index in [1.165, 1.54) is 13.0 Å². The molecule has 0 bridgehead atoms. The lowest BCUT2D eigenvalue weighted by Gasteiger charge is -2.17. The summed E-state index contributed by atoms with van der Waals surface area (Å²) in [4.78, 5) is 39.0. The summed E-state index contributed by atoms with van der Waals surface area (Å²) in [6.45, 7) is 1.45. The van der Waals surface area contributed by atoms with Gasteiger partial charge in [-0.2, -0.15) is 5.10 Å². The summed E-state index contributed by atoms with van der Waals surface area (Å²) >= 11 is 1.55. The van der Waals surface area contributed by atoms with Crippen molar-refractivity contribution in [1.29, 1.82) is 0 Å². The Balaban J connectivity index is 1.39. The first kappa shape index (κ1) is 26.5. The first-order valence-corrected chi connectivity index (χ1v) is 13.4. The number of hydrogen-bond acceptors (Lipinski definition) is 6. The maximum absolute atomic E-state index is 13.3. The molecule has 0 aliphatic rings. The van der Waals surface area contributed by atoms with Crippen molar-refractivity contribution >= 4 is 40.8 Å². The van der Waals surface area contributed by atoms with Crippen molar-refractivity contribution in [1.82, 2.24) is 9.78 Å². The molecular weight excluding hydrogens is 522 g/mol. The van der Waals surface area contributed by atoms with Gasteiger partial charge < -0.3 is 10.1 Å². The minimum absolute atomic E-state index is 0.121. The molecule has 5 rings (SSSR count). The van der Waals surface area contributed by atoms with Crippen LogP contribution < -0.4 is 5.32 Å². The zero-order valence-corrected chi connectivity index (χ0v) is 22.4. The van der Waals surface area contributed by atoms with Gasteiger partial charge in [0.15, 0.2) is 5.78 Å². The van der Waals surface area contributed by atoms with Gasteiger partial charge in [-0.1, -0.05) is 66.7 Å². The van der Waals surface area contributed by atoms with E-state index in [2.05, 4.69) is 5.32 Å². The monoisotopic (exact) mass is 547 g/mol. The number of ketones is 1. The summed E-state index contributed by atoms with van der Waals surface area (Å²) in [5.41, 5.74) is 3.75. The second-order valence-electron chi connectivity index (χ2n) is 8.88. The maximum atomic E-state index is 13.3. The van der Waals surface area contributed by atoms with E-state index in [4.69, 9.17) is 9.84 Å². The number of carbonyl (C=O) groups is 3. The summed E-state index contributed by atoms with van der Waals surface area (Å²) in [5.74, 6) is -1.35. The van der Waals surface area contributed by atoms with Crippen molar-refractivity contribution in [3.05, 3.63) is 131 Å². The molecule has 7 nitrogen and oxygen atoms in total. The smallest absolute Gasteiger partial charge is 0.331 e. The van der Waals surface area contributed by atoms with Gasteiger partial charge in [0.1, 0.15) is 5.69 Å². The molecule has 1 N–H and O–H groups in total. The maximum Gasteiger partial charge on any atom is 0.331 e. The Morgan fingerprint density at radius 3 is 2.38 bits per heavy atom. The van der Waals surface area contributed by atoms with Gasteiger partial charge in [0.25, 0.3) is 5.91 Å². The number of esters is 1. The molecule has 198 valence electrons. The van der Waals surface area contributed by atoms with Crippen LogP contribution in [0.2, 0.25) is 0 Å². The first-order chi connectivity index (χ1) is 19.5. The third-order valence-electron chi connectivity index (χ3n) is 6.03. The van der Waals surface area contributed by atoms with Crippen LogP contribution in [0.3, 0.4) is 0 Å². The number of hydrogen-bond donors (Lipinski definition) is 1. The molecule has 0 saturated carbocycles. The van der Waals surface area contributed by atoms with Crippen molar-refractivity contribution in [3.8, 4) is 16.3 Å². The minimum Gasteiger partial charge on any atom is -0.444 e. The zero-order chi connectivity index (χ0) is 27.9. The highest BCUT2D eigenvalue weighted by atomic mass is 32.1. The lowest BCUT2D eigenvalue weighted by molar-refractivity contribution is -0.149. The van der Waals surface area contributed by atoms with Gasteiger partial charge in [0, 0.05) is 34.7 Å². The van der Waals surface area contributed by atoms with Gasteiger partial charge in [-0.25, -0.2) is 9.48 Å². The number of nitrogens with one attached hydrogen (secondary N) is 1. The van der Waals surface area contributed by atoms with E-state index >= 15 is 0 Å². The Hall–Kier alpha value is -5.08. The van der Waals surface area contributed by atoms with E-state index in [-0.39, 0.29) is 5.78 Å². The molecule has 8 heteroatoms. The number of para-hydroxylation sites is 1. The Kier molecular flexibility index (Phi) is 8.08. The Bertz CT molecular complexity index is 1660. The third kappa shape index (κ3) is 6.31. The largest absolute Gasteiger partial charge is 0.444 e. The lowest BCUT2D eigenvalue weighted by Crippen LogP contribution is -2.25. The number of benzene rings is 3. The highest BCUT2D eigenvalue weighted by Crippen LogP contribution is 2.29. The highest BCUT2D eigenvalue weighted by molar-refractivity contribution is 7.13. The molecule has 0 fully saturated rings. The standard InChI is InChI=1S/C32H25N3O4S/c1-22(36)24-12-8-13-26(20-24)33-32(38)31(23-10-4-2-5-11-23)39-29(37)18-17-25-21-35(27-14-6-3-7-15-27)34-30(25)28-16-9-19-40-28/h2-21,31H,1H3,(H,33,38)/b18-17+/t31-/m1/s1. The fraction of sp³-hybridized carbons (Fsp3) is 0.0625. The number of ether oxygens (including phenoxy) is 1. The second-order valence-corrected chi connectivity index (χ2v) is 9.83. The zero-order valence-electron chi connectivity index (χ0n) is 21.6. The molecule has 40 heavy (non-hydrogen) atoms. The predicted octanol–water partition coefficient (Wildman–Crippen LogP) is 6.74. The number of amides is 1. The Morgan fingerprint density at radius 1 is 0.925 bits per heavy atom. The molecule has 0 spiro atoms. The molecule has 2 heterocycles. The average Bonchev–Trinajstić information content (AvgIpc) is 3.66. The normalized spacial score (nSPS) is 11.7. The van der Waals surface area contributed by atoms with Crippen LogP contribution in [0.1, 0.15) is 34.5 Å². The van der Waals surface area contributed by atoms with Crippen LogP contribution in [-0.4, -0.2) is 27.4 Å². The van der Waals surface area contributed by atoms with Crippen LogP contribution in [0.15, 0.2) is 115 Å². The van der Waals surface area contributed by atoms with E-state index in [9.17, 15) is 14.4 Å². The summed E-state index contributed by atoms with van der Waals surface area (Å²) in [7, 11) is 0. The van der Waals surface area contributed by atoms with Crippen LogP contribution in [0, 0.1) is 0 Å². The molecule has 0 unspecified atom stereocenters. The quantitative estimate of drug-likeness (QED) is 0.125. The van der Waals surface area contributed by atoms with E-state index in [1.54, 1.807) is 70.6 Å². The van der Waals surface area contributed by atoms with E-state index in [1.807, 2.05) is 60.1 Å². The van der Waals surface area contributed by atoms with E-state index < -0.39 is 18.0 Å². The summed E-state index contributed by atoms with van der Waals surface area (Å²) in [5, 5.41) is 9.47. The van der Waals surface area contributed by atoms with Crippen LogP contribution >= 0.6 is 11.3 Å². The number of nitrogens with zero attached hydrogens (tertiary/aromatic N) is 2. The summed E-state index contributed by atoms with van der Waals surface area (Å²) in [6, 6.07) is 29.0. The van der Waals surface area contributed by atoms with Gasteiger partial charge in [-0.05, 0) is 48.7 Å². The first-order valence-electron chi connectivity index (χ1n) is 12.5. The van der Waals surface area contributed by atoms with Crippen molar-refractivity contribution in [2.45, 2.75) is 13.0 Å². The second kappa shape index (κ2) is 12.2. The van der Waals surface area contributed by atoms with Crippen LogP contribution in [0.25, 0.3) is 22.3 Å². The van der Waals surface area contributed by atoms with Crippen LogP contribution in [-0.2, 0) is 14.3 Å². The average molecular weight is 548 g/mol. The van der Waals surface area contributed by atoms with Crippen molar-refractivity contribution in [2.75, 3.05) is 5.32 Å². The lowest BCUT2D eigenvalue weighted by atomic mass is 10.1. The van der Waals surface area contributed by atoms with E-state index in [0.29, 0.717) is 16.8 Å². The molecule has 3 aromatic carbocycles. The SMILES string of the molecule is CC(=O)c1cccc(NC(=O)[C@H](OC(=O)/C=C/c2cn(-c3ccccc3)nc2-c2cccs2)c2ccccc2)c1. The highest BCUT2D eigenvalue weighted by Gasteiger charge is 2.25. The number of thiophene rings is 1. The van der Waals surface area contributed by atoms with Gasteiger partial charge in [-0.3, -0.25) is 9.59 Å². The Morgan fingerprint density at radius 2 is 1.68 bits per heavy atom. The number of rotatable bonds is 9. The van der Waals surface area contributed by atoms with Crippen molar-refractivity contribution in [3.63, 3.8) is 0 Å². The van der Waals surface area contributed by atoms with E-state index in [0.717, 1.165) is 21.8 Å². The Labute approximate surface area is 235 Å². The molecule has 1 amide bonds. The van der Waals surface area contributed by atoms with Gasteiger partial charge in [-0.15, -0.1) is 11.3 Å². The topological polar surface area (TPSA) is 90.3 Å². The molecule has 0 radical (unpaired) electrons. The van der Waals surface area contributed by atoms with Gasteiger partial charge in [0.2, 0.25) is 6.10 Å². The molecule has 0 aliphatic heterocycles. The predicted molar refractivity (Wildman–Crippen MR) is 156 cm³/mol. The molecule has 5 aromatic rings. The molecular formula is C32H25N3O4S. The number of anilines is 1. The number of Topliss-reactive ketones (excluding diaryl/α,β-unsaturated/α-hetero) is 1. The van der Waals surface area contributed by atoms with Gasteiger partial charge >= 0.3 is 5.97 Å². The summed E-state index contributed by atoms with van der Waals surface area (Å²) < 4.78 is 7.42. The number of aromatic nitrogens is 2. The fourth-order valence-electron chi connectivity index (χ4n) is 4.06. The molecule has 2 aromatic heterocycles. The molecule has 0 saturated heterocycles. The minimum atomic E-state index is -1.21. The van der Waals surface area contributed by atoms with Crippen molar-refractivity contribution in [2.24, 2.45) is 0 Å². The third-order valence-corrected chi connectivity index (χ3v) is 6.90. The van der Waals surface area contributed by atoms with Crippen LogP contribution in [0.5, 0.6) is 0 Å². The van der Waals surface area contributed by atoms with Gasteiger partial charge in [0.05, 0.1) is 10.6 Å².